The Morgan fingerprint density at radius 3 is 2.26 bits per heavy atom. The highest BCUT2D eigenvalue weighted by atomic mass is 32.2. The molecule has 3 aromatic rings. The van der Waals surface area contributed by atoms with E-state index < -0.39 is 28.5 Å². The van der Waals surface area contributed by atoms with Crippen molar-refractivity contribution in [1.82, 2.24) is 10.2 Å². The molecule has 8 nitrogen and oxygen atoms in total. The van der Waals surface area contributed by atoms with Crippen LogP contribution >= 0.6 is 0 Å². The van der Waals surface area contributed by atoms with Crippen molar-refractivity contribution >= 4 is 27.5 Å². The first-order valence-electron chi connectivity index (χ1n) is 14.7. The van der Waals surface area contributed by atoms with Crippen LogP contribution in [0.2, 0.25) is 0 Å². The van der Waals surface area contributed by atoms with Crippen LogP contribution in [0.4, 0.5) is 5.69 Å². The lowest BCUT2D eigenvalue weighted by atomic mass is 10.1. The van der Waals surface area contributed by atoms with E-state index in [1.165, 1.54) is 17.0 Å². The van der Waals surface area contributed by atoms with E-state index in [4.69, 9.17) is 4.74 Å². The lowest BCUT2D eigenvalue weighted by Crippen LogP contribution is -2.53. The summed E-state index contributed by atoms with van der Waals surface area (Å²) in [7, 11) is -4.14. The molecule has 0 bridgehead atoms. The normalized spacial score (nSPS) is 14.3. The lowest BCUT2D eigenvalue weighted by Gasteiger charge is -2.33. The van der Waals surface area contributed by atoms with E-state index in [2.05, 4.69) is 5.32 Å². The number of para-hydroxylation sites is 1. The number of benzene rings is 3. The van der Waals surface area contributed by atoms with Crippen LogP contribution in [0.5, 0.6) is 5.75 Å². The molecule has 1 atom stereocenters. The monoisotopic (exact) mass is 591 g/mol. The molecule has 1 aliphatic rings. The summed E-state index contributed by atoms with van der Waals surface area (Å²) in [6, 6.07) is 21.9. The Kier molecular flexibility index (Phi) is 10.6. The highest BCUT2D eigenvalue weighted by Gasteiger charge is 2.34. The van der Waals surface area contributed by atoms with Crippen LogP contribution in [0, 0.1) is 6.92 Å². The standard InChI is InChI=1S/C33H41N3O5S/c1-4-31(33(38)34-27-14-9-10-15-27)35(23-26-13-11-12-25(3)22-26)32(37)24-36(28-16-7-6-8-17-28)42(39,40)30-20-18-29(19-21-30)41-5-2/h6-8,11-13,16-22,27,31H,4-5,9-10,14-15,23-24H2,1-3H3,(H,34,38)/t31-/m1/s1. The Morgan fingerprint density at radius 2 is 1.64 bits per heavy atom. The van der Waals surface area contributed by atoms with Gasteiger partial charge in [-0.05, 0) is 75.1 Å². The number of anilines is 1. The molecule has 1 N–H and O–H groups in total. The summed E-state index contributed by atoms with van der Waals surface area (Å²) < 4.78 is 34.6. The number of nitrogens with zero attached hydrogens (tertiary/aromatic N) is 2. The highest BCUT2D eigenvalue weighted by molar-refractivity contribution is 7.92. The van der Waals surface area contributed by atoms with Gasteiger partial charge in [0, 0.05) is 12.6 Å². The van der Waals surface area contributed by atoms with Gasteiger partial charge in [-0.25, -0.2) is 8.42 Å². The van der Waals surface area contributed by atoms with E-state index in [1.807, 2.05) is 45.0 Å². The van der Waals surface area contributed by atoms with Gasteiger partial charge >= 0.3 is 0 Å². The van der Waals surface area contributed by atoms with Crippen LogP contribution in [0.15, 0.2) is 83.8 Å². The molecule has 0 radical (unpaired) electrons. The van der Waals surface area contributed by atoms with Gasteiger partial charge in [-0.15, -0.1) is 0 Å². The largest absolute Gasteiger partial charge is 0.494 e. The van der Waals surface area contributed by atoms with Crippen LogP contribution in [-0.2, 0) is 26.2 Å². The zero-order valence-corrected chi connectivity index (χ0v) is 25.5. The van der Waals surface area contributed by atoms with Crippen LogP contribution in [0.3, 0.4) is 0 Å². The maximum atomic E-state index is 14.2. The first kappa shape index (κ1) is 31.1. The van der Waals surface area contributed by atoms with E-state index in [1.54, 1.807) is 42.5 Å². The number of ether oxygens (including phenoxy) is 1. The molecule has 2 amide bonds. The molecule has 224 valence electrons. The Morgan fingerprint density at radius 1 is 0.952 bits per heavy atom. The minimum absolute atomic E-state index is 0.0406. The van der Waals surface area contributed by atoms with Crippen LogP contribution in [0.25, 0.3) is 0 Å². The van der Waals surface area contributed by atoms with E-state index in [0.717, 1.165) is 41.1 Å². The SMILES string of the molecule is CCOc1ccc(S(=O)(=O)N(CC(=O)N(Cc2cccc(C)c2)[C@H](CC)C(=O)NC2CCCC2)c2ccccc2)cc1. The molecule has 0 aromatic heterocycles. The first-order valence-corrected chi connectivity index (χ1v) is 16.1. The molecule has 1 fully saturated rings. The van der Waals surface area contributed by atoms with Crippen LogP contribution < -0.4 is 14.4 Å². The Bertz CT molecular complexity index is 1440. The van der Waals surface area contributed by atoms with Gasteiger partial charge in [0.15, 0.2) is 0 Å². The average Bonchev–Trinajstić information content (AvgIpc) is 3.49. The predicted molar refractivity (Wildman–Crippen MR) is 165 cm³/mol. The van der Waals surface area contributed by atoms with Crippen molar-refractivity contribution in [1.29, 1.82) is 0 Å². The van der Waals surface area contributed by atoms with Crippen molar-refractivity contribution in [3.63, 3.8) is 0 Å². The first-order chi connectivity index (χ1) is 20.2. The molecule has 9 heteroatoms. The zero-order valence-electron chi connectivity index (χ0n) is 24.7. The van der Waals surface area contributed by atoms with Crippen molar-refractivity contribution in [2.24, 2.45) is 0 Å². The molecular formula is C33H41N3O5S. The molecule has 3 aromatic carbocycles. The second kappa shape index (κ2) is 14.4. The number of carbonyl (C=O) groups excluding carboxylic acids is 2. The maximum absolute atomic E-state index is 14.2. The van der Waals surface area contributed by atoms with Gasteiger partial charge in [0.1, 0.15) is 18.3 Å². The Hall–Kier alpha value is -3.85. The molecule has 1 aliphatic carbocycles. The quantitative estimate of drug-likeness (QED) is 0.285. The van der Waals surface area contributed by atoms with Crippen molar-refractivity contribution in [2.45, 2.75) is 76.4 Å². The molecule has 42 heavy (non-hydrogen) atoms. The van der Waals surface area contributed by atoms with Gasteiger partial charge < -0.3 is 15.0 Å². The summed E-state index contributed by atoms with van der Waals surface area (Å²) >= 11 is 0. The average molecular weight is 592 g/mol. The number of sulfonamides is 1. The van der Waals surface area contributed by atoms with Crippen molar-refractivity contribution < 1.29 is 22.7 Å². The van der Waals surface area contributed by atoms with Gasteiger partial charge in [-0.1, -0.05) is 67.8 Å². The summed E-state index contributed by atoms with van der Waals surface area (Å²) in [5, 5.41) is 3.14. The second-order valence-corrected chi connectivity index (χ2v) is 12.5. The number of amides is 2. The number of carbonyl (C=O) groups is 2. The van der Waals surface area contributed by atoms with Gasteiger partial charge in [0.2, 0.25) is 11.8 Å². The fourth-order valence-corrected chi connectivity index (χ4v) is 6.83. The topological polar surface area (TPSA) is 96.0 Å². The molecule has 4 rings (SSSR count). The van der Waals surface area contributed by atoms with Crippen molar-refractivity contribution in [2.75, 3.05) is 17.5 Å². The summed E-state index contributed by atoms with van der Waals surface area (Å²) in [4.78, 5) is 29.3. The minimum atomic E-state index is -4.14. The van der Waals surface area contributed by atoms with E-state index >= 15 is 0 Å². The van der Waals surface area contributed by atoms with Crippen molar-refractivity contribution in [3.8, 4) is 5.75 Å². The van der Waals surface area contributed by atoms with E-state index in [0.29, 0.717) is 24.5 Å². The van der Waals surface area contributed by atoms with Gasteiger partial charge in [-0.3, -0.25) is 13.9 Å². The van der Waals surface area contributed by atoms with Crippen molar-refractivity contribution in [3.05, 3.63) is 90.0 Å². The molecule has 0 saturated heterocycles. The predicted octanol–water partition coefficient (Wildman–Crippen LogP) is 5.46. The Labute approximate surface area is 249 Å². The second-order valence-electron chi connectivity index (χ2n) is 10.7. The highest BCUT2D eigenvalue weighted by Crippen LogP contribution is 2.26. The number of rotatable bonds is 13. The third-order valence-electron chi connectivity index (χ3n) is 7.57. The number of hydrogen-bond acceptors (Lipinski definition) is 5. The smallest absolute Gasteiger partial charge is 0.264 e. The van der Waals surface area contributed by atoms with Gasteiger partial charge in [-0.2, -0.15) is 0 Å². The van der Waals surface area contributed by atoms with Gasteiger partial charge in [0.25, 0.3) is 10.0 Å². The number of hydrogen-bond donors (Lipinski definition) is 1. The molecule has 0 heterocycles. The summed E-state index contributed by atoms with van der Waals surface area (Å²) in [6.07, 6.45) is 4.39. The van der Waals surface area contributed by atoms with Crippen LogP contribution in [0.1, 0.15) is 57.1 Å². The fraction of sp³-hybridized carbons (Fsp3) is 0.394. The third kappa shape index (κ3) is 7.70. The molecule has 0 spiro atoms. The summed E-state index contributed by atoms with van der Waals surface area (Å²) in [6.45, 7) is 5.89. The zero-order chi connectivity index (χ0) is 30.1. The number of aryl methyl sites for hydroxylation is 1. The summed E-state index contributed by atoms with van der Waals surface area (Å²) in [5.41, 5.74) is 2.27. The summed E-state index contributed by atoms with van der Waals surface area (Å²) in [5.74, 6) is -0.100. The van der Waals surface area contributed by atoms with E-state index in [-0.39, 0.29) is 23.4 Å². The molecular weight excluding hydrogens is 550 g/mol. The molecule has 0 unspecified atom stereocenters. The van der Waals surface area contributed by atoms with E-state index in [9.17, 15) is 18.0 Å². The molecule has 0 aliphatic heterocycles. The Balaban J connectivity index is 1.68. The van der Waals surface area contributed by atoms with Crippen LogP contribution in [-0.4, -0.2) is 50.4 Å². The number of nitrogens with one attached hydrogen (secondary N) is 1. The fourth-order valence-electron chi connectivity index (χ4n) is 5.42. The third-order valence-corrected chi connectivity index (χ3v) is 9.36. The minimum Gasteiger partial charge on any atom is -0.494 e. The lowest BCUT2D eigenvalue weighted by molar-refractivity contribution is -0.140. The molecule has 1 saturated carbocycles. The maximum Gasteiger partial charge on any atom is 0.264 e. The van der Waals surface area contributed by atoms with Gasteiger partial charge in [0.05, 0.1) is 17.2 Å².